The van der Waals surface area contributed by atoms with E-state index in [1.807, 2.05) is 0 Å². The molecule has 0 saturated carbocycles. The van der Waals surface area contributed by atoms with Gasteiger partial charge in [0.25, 0.3) is 0 Å². The van der Waals surface area contributed by atoms with E-state index in [0.717, 1.165) is 6.07 Å². The molecule has 1 atom stereocenters. The Labute approximate surface area is 96.7 Å². The maximum absolute atomic E-state index is 12.8. The second-order valence-corrected chi connectivity index (χ2v) is 3.75. The van der Waals surface area contributed by atoms with Gasteiger partial charge in [-0.25, -0.2) is 0 Å². The van der Waals surface area contributed by atoms with Crippen LogP contribution in [0.25, 0.3) is 0 Å². The van der Waals surface area contributed by atoms with E-state index in [2.05, 4.69) is 5.10 Å². The molecule has 1 heterocycles. The van der Waals surface area contributed by atoms with E-state index in [1.54, 1.807) is 31.5 Å². The first-order chi connectivity index (χ1) is 8.00. The third-order valence-corrected chi connectivity index (χ3v) is 2.64. The molecule has 2 aromatic rings. The molecule has 0 aliphatic rings. The molecule has 90 valence electrons. The number of hydrogen-bond donors (Lipinski definition) is 0. The maximum atomic E-state index is 12.8. The van der Waals surface area contributed by atoms with Crippen molar-refractivity contribution >= 4 is 0 Å². The van der Waals surface area contributed by atoms with Crippen LogP contribution in [-0.2, 0) is 6.18 Å². The molecule has 0 saturated heterocycles. The van der Waals surface area contributed by atoms with Crippen LogP contribution in [0, 0.1) is 0 Å². The Balaban J connectivity index is 2.46. The molecular weight excluding hydrogens is 229 g/mol. The van der Waals surface area contributed by atoms with E-state index < -0.39 is 17.8 Å². The van der Waals surface area contributed by atoms with Gasteiger partial charge in [0.15, 0.2) is 0 Å². The number of rotatable bonds is 2. The molecular formula is C12H11F3N2. The van der Waals surface area contributed by atoms with Gasteiger partial charge in [0, 0.05) is 12.4 Å². The van der Waals surface area contributed by atoms with Gasteiger partial charge in [-0.1, -0.05) is 18.2 Å². The van der Waals surface area contributed by atoms with Gasteiger partial charge >= 0.3 is 6.18 Å². The summed E-state index contributed by atoms with van der Waals surface area (Å²) >= 11 is 0. The van der Waals surface area contributed by atoms with Gasteiger partial charge in [0.2, 0.25) is 0 Å². The fourth-order valence-electron chi connectivity index (χ4n) is 1.77. The first kappa shape index (κ1) is 11.7. The highest BCUT2D eigenvalue weighted by atomic mass is 19.4. The predicted octanol–water partition coefficient (Wildman–Crippen LogP) is 3.51. The van der Waals surface area contributed by atoms with Gasteiger partial charge in [-0.3, -0.25) is 4.68 Å². The van der Waals surface area contributed by atoms with Crippen LogP contribution in [0.1, 0.15) is 24.1 Å². The van der Waals surface area contributed by atoms with Crippen LogP contribution < -0.4 is 0 Å². The summed E-state index contributed by atoms with van der Waals surface area (Å²) in [4.78, 5) is 0. The van der Waals surface area contributed by atoms with E-state index >= 15 is 0 Å². The quantitative estimate of drug-likeness (QED) is 0.785. The van der Waals surface area contributed by atoms with Crippen LogP contribution in [0.15, 0.2) is 42.7 Å². The zero-order chi connectivity index (χ0) is 12.5. The van der Waals surface area contributed by atoms with Gasteiger partial charge < -0.3 is 0 Å². The first-order valence-electron chi connectivity index (χ1n) is 5.15. The highest BCUT2D eigenvalue weighted by molar-refractivity contribution is 5.32. The van der Waals surface area contributed by atoms with Gasteiger partial charge in [-0.05, 0) is 24.6 Å². The van der Waals surface area contributed by atoms with E-state index in [-0.39, 0.29) is 5.56 Å². The molecule has 5 heteroatoms. The van der Waals surface area contributed by atoms with Crippen LogP contribution in [-0.4, -0.2) is 9.78 Å². The van der Waals surface area contributed by atoms with Crippen LogP contribution in [0.2, 0.25) is 0 Å². The van der Waals surface area contributed by atoms with Crippen molar-refractivity contribution in [1.82, 2.24) is 9.78 Å². The molecule has 1 aromatic carbocycles. The lowest BCUT2D eigenvalue weighted by Crippen LogP contribution is -2.15. The number of alkyl halides is 3. The topological polar surface area (TPSA) is 17.8 Å². The number of aromatic nitrogens is 2. The predicted molar refractivity (Wildman–Crippen MR) is 57.5 cm³/mol. The number of hydrogen-bond acceptors (Lipinski definition) is 1. The first-order valence-corrected chi connectivity index (χ1v) is 5.15. The molecule has 17 heavy (non-hydrogen) atoms. The number of nitrogens with zero attached hydrogens (tertiary/aromatic N) is 2. The summed E-state index contributed by atoms with van der Waals surface area (Å²) in [7, 11) is 0. The standard InChI is InChI=1S/C12H11F3N2/c1-9(17-8-4-7-16-17)10-5-2-3-6-11(10)12(13,14)15/h2-9H,1H3. The van der Waals surface area contributed by atoms with Crippen LogP contribution >= 0.6 is 0 Å². The van der Waals surface area contributed by atoms with Crippen molar-refractivity contribution in [1.29, 1.82) is 0 Å². The highest BCUT2D eigenvalue weighted by Gasteiger charge is 2.34. The maximum Gasteiger partial charge on any atom is 0.416 e. The molecule has 0 fully saturated rings. The minimum absolute atomic E-state index is 0.226. The second kappa shape index (κ2) is 4.24. The Bertz CT molecular complexity index is 489. The zero-order valence-corrected chi connectivity index (χ0v) is 9.15. The summed E-state index contributed by atoms with van der Waals surface area (Å²) in [5, 5.41) is 3.97. The molecule has 0 amide bonds. The SMILES string of the molecule is CC(c1ccccc1C(F)(F)F)n1cccn1. The van der Waals surface area contributed by atoms with Crippen molar-refractivity contribution < 1.29 is 13.2 Å². The minimum atomic E-state index is -4.34. The lowest BCUT2D eigenvalue weighted by atomic mass is 10.0. The summed E-state index contributed by atoms with van der Waals surface area (Å²) in [5.41, 5.74) is -0.383. The lowest BCUT2D eigenvalue weighted by molar-refractivity contribution is -0.138. The Kier molecular flexibility index (Phi) is 2.92. The monoisotopic (exact) mass is 240 g/mol. The van der Waals surface area contributed by atoms with Crippen LogP contribution in [0.3, 0.4) is 0 Å². The molecule has 1 aromatic heterocycles. The summed E-state index contributed by atoms with van der Waals surface area (Å²) in [5.74, 6) is 0. The molecule has 1 unspecified atom stereocenters. The molecule has 0 aliphatic carbocycles. The average Bonchev–Trinajstić information content (AvgIpc) is 2.80. The average molecular weight is 240 g/mol. The van der Waals surface area contributed by atoms with E-state index in [0.29, 0.717) is 0 Å². The Hall–Kier alpha value is -1.78. The van der Waals surface area contributed by atoms with Gasteiger partial charge in [0.1, 0.15) is 0 Å². The Morgan fingerprint density at radius 3 is 2.47 bits per heavy atom. The van der Waals surface area contributed by atoms with Crippen molar-refractivity contribution in [3.05, 3.63) is 53.9 Å². The summed E-state index contributed by atoms with van der Waals surface area (Å²) in [6, 6.07) is 6.81. The minimum Gasteiger partial charge on any atom is -0.266 e. The lowest BCUT2D eigenvalue weighted by Gasteiger charge is -2.18. The van der Waals surface area contributed by atoms with Crippen molar-refractivity contribution in [2.45, 2.75) is 19.1 Å². The van der Waals surface area contributed by atoms with Gasteiger partial charge in [-0.15, -0.1) is 0 Å². The van der Waals surface area contributed by atoms with Crippen LogP contribution in [0.4, 0.5) is 13.2 Å². The fourth-order valence-corrected chi connectivity index (χ4v) is 1.77. The van der Waals surface area contributed by atoms with Crippen molar-refractivity contribution in [2.75, 3.05) is 0 Å². The van der Waals surface area contributed by atoms with E-state index in [4.69, 9.17) is 0 Å². The van der Waals surface area contributed by atoms with E-state index in [1.165, 1.54) is 16.8 Å². The summed E-state index contributed by atoms with van der Waals surface area (Å²) < 4.78 is 40.0. The zero-order valence-electron chi connectivity index (χ0n) is 9.15. The fraction of sp³-hybridized carbons (Fsp3) is 0.250. The Morgan fingerprint density at radius 1 is 1.18 bits per heavy atom. The molecule has 2 rings (SSSR count). The largest absolute Gasteiger partial charge is 0.416 e. The van der Waals surface area contributed by atoms with Crippen molar-refractivity contribution in [3.63, 3.8) is 0 Å². The normalized spacial score (nSPS) is 13.6. The van der Waals surface area contributed by atoms with Crippen LogP contribution in [0.5, 0.6) is 0 Å². The Morgan fingerprint density at radius 2 is 1.88 bits per heavy atom. The van der Waals surface area contributed by atoms with E-state index in [9.17, 15) is 13.2 Å². The molecule has 0 spiro atoms. The van der Waals surface area contributed by atoms with Crippen molar-refractivity contribution in [3.8, 4) is 0 Å². The smallest absolute Gasteiger partial charge is 0.266 e. The van der Waals surface area contributed by atoms with Gasteiger partial charge in [0.05, 0.1) is 11.6 Å². The second-order valence-electron chi connectivity index (χ2n) is 3.75. The third-order valence-electron chi connectivity index (χ3n) is 2.64. The number of halogens is 3. The molecule has 0 aliphatic heterocycles. The molecule has 0 radical (unpaired) electrons. The molecule has 0 N–H and O–H groups in total. The molecule has 2 nitrogen and oxygen atoms in total. The number of benzene rings is 1. The van der Waals surface area contributed by atoms with Crippen molar-refractivity contribution in [2.24, 2.45) is 0 Å². The summed E-state index contributed by atoms with van der Waals surface area (Å²) in [6.07, 6.45) is -1.14. The third kappa shape index (κ3) is 2.33. The summed E-state index contributed by atoms with van der Waals surface area (Å²) in [6.45, 7) is 1.69. The van der Waals surface area contributed by atoms with Gasteiger partial charge in [-0.2, -0.15) is 18.3 Å². The molecule has 0 bridgehead atoms. The highest BCUT2D eigenvalue weighted by Crippen LogP contribution is 2.35.